The van der Waals surface area contributed by atoms with Crippen LogP contribution < -0.4 is 0 Å². The molecule has 2 aromatic heterocycles. The van der Waals surface area contributed by atoms with Gasteiger partial charge in [-0.3, -0.25) is 0 Å². The normalized spacial score (nSPS) is 11.5. The Hall–Kier alpha value is -2.59. The Morgan fingerprint density at radius 3 is 2.55 bits per heavy atom. The fraction of sp³-hybridized carbons (Fsp3) is 0.111. The molecule has 0 fully saturated rings. The largest absolute Gasteiger partial charge is 0.456 e. The van der Waals surface area contributed by atoms with E-state index < -0.39 is 0 Å². The molecule has 0 spiro atoms. The van der Waals surface area contributed by atoms with Gasteiger partial charge in [-0.1, -0.05) is 24.3 Å². The van der Waals surface area contributed by atoms with Crippen molar-refractivity contribution in [3.8, 4) is 0 Å². The van der Waals surface area contributed by atoms with Gasteiger partial charge in [0.2, 0.25) is 0 Å². The zero-order valence-electron chi connectivity index (χ0n) is 11.8. The Morgan fingerprint density at radius 1 is 1.00 bits per heavy atom. The minimum atomic E-state index is -0.239. The number of aliphatic hydroxyl groups excluding tert-OH is 1. The standard InChI is InChI=1S/C18H14FNO2/c19-13-7-5-12(6-8-13)10-20-16-4-2-1-3-15(16)18-17(20)9-14(11-21)22-18/h1-9,21H,10-11H2. The van der Waals surface area contributed by atoms with E-state index in [-0.39, 0.29) is 12.4 Å². The van der Waals surface area contributed by atoms with Crippen LogP contribution >= 0.6 is 0 Å². The van der Waals surface area contributed by atoms with E-state index in [0.29, 0.717) is 12.3 Å². The molecule has 0 amide bonds. The number of para-hydroxylation sites is 1. The van der Waals surface area contributed by atoms with E-state index in [1.54, 1.807) is 12.1 Å². The molecule has 0 saturated carbocycles. The fourth-order valence-corrected chi connectivity index (χ4v) is 2.88. The number of benzene rings is 2. The zero-order chi connectivity index (χ0) is 15.1. The maximum Gasteiger partial charge on any atom is 0.160 e. The molecule has 0 bridgehead atoms. The first kappa shape index (κ1) is 13.1. The number of aliphatic hydroxyl groups is 1. The summed E-state index contributed by atoms with van der Waals surface area (Å²) in [4.78, 5) is 0. The van der Waals surface area contributed by atoms with Crippen molar-refractivity contribution in [3.63, 3.8) is 0 Å². The molecule has 22 heavy (non-hydrogen) atoms. The number of nitrogens with zero attached hydrogens (tertiary/aromatic N) is 1. The summed E-state index contributed by atoms with van der Waals surface area (Å²) >= 11 is 0. The molecule has 3 nitrogen and oxygen atoms in total. The van der Waals surface area contributed by atoms with Gasteiger partial charge in [-0.15, -0.1) is 0 Å². The summed E-state index contributed by atoms with van der Waals surface area (Å²) < 4.78 is 20.9. The average molecular weight is 295 g/mol. The number of hydrogen-bond acceptors (Lipinski definition) is 2. The van der Waals surface area contributed by atoms with E-state index >= 15 is 0 Å². The van der Waals surface area contributed by atoms with E-state index in [9.17, 15) is 9.50 Å². The Balaban J connectivity index is 1.92. The molecule has 2 aromatic carbocycles. The first-order valence-electron chi connectivity index (χ1n) is 7.11. The van der Waals surface area contributed by atoms with Crippen molar-refractivity contribution in [3.05, 3.63) is 71.7 Å². The van der Waals surface area contributed by atoms with Crippen molar-refractivity contribution >= 4 is 22.0 Å². The second kappa shape index (κ2) is 5.00. The van der Waals surface area contributed by atoms with Crippen molar-refractivity contribution in [2.75, 3.05) is 0 Å². The maximum atomic E-state index is 13.1. The van der Waals surface area contributed by atoms with Gasteiger partial charge in [0, 0.05) is 18.0 Å². The maximum absolute atomic E-state index is 13.1. The first-order chi connectivity index (χ1) is 10.8. The topological polar surface area (TPSA) is 38.3 Å². The molecule has 2 heterocycles. The number of fused-ring (bicyclic) bond motifs is 3. The molecule has 0 aliphatic rings. The number of rotatable bonds is 3. The van der Waals surface area contributed by atoms with Gasteiger partial charge in [0.1, 0.15) is 18.2 Å². The summed E-state index contributed by atoms with van der Waals surface area (Å²) in [6, 6.07) is 16.3. The minimum absolute atomic E-state index is 0.125. The zero-order valence-corrected chi connectivity index (χ0v) is 11.8. The molecule has 0 aliphatic carbocycles. The summed E-state index contributed by atoms with van der Waals surface area (Å²) in [5.41, 5.74) is 3.79. The Labute approximate surface area is 126 Å². The highest BCUT2D eigenvalue weighted by atomic mass is 19.1. The highest BCUT2D eigenvalue weighted by Crippen LogP contribution is 2.32. The van der Waals surface area contributed by atoms with E-state index in [0.717, 1.165) is 27.6 Å². The molecular formula is C18H14FNO2. The molecular weight excluding hydrogens is 281 g/mol. The van der Waals surface area contributed by atoms with Crippen LogP contribution in [0.25, 0.3) is 22.0 Å². The number of furan rings is 1. The average Bonchev–Trinajstić information content (AvgIpc) is 3.08. The predicted molar refractivity (Wildman–Crippen MR) is 83.1 cm³/mol. The Morgan fingerprint density at radius 2 is 1.77 bits per heavy atom. The molecule has 0 radical (unpaired) electrons. The summed E-state index contributed by atoms with van der Waals surface area (Å²) in [5.74, 6) is 0.306. The predicted octanol–water partition coefficient (Wildman–Crippen LogP) is 4.07. The molecule has 4 rings (SSSR count). The Bertz CT molecular complexity index is 950. The smallest absolute Gasteiger partial charge is 0.160 e. The van der Waals surface area contributed by atoms with Crippen molar-refractivity contribution in [2.45, 2.75) is 13.2 Å². The van der Waals surface area contributed by atoms with Crippen LogP contribution in [0.1, 0.15) is 11.3 Å². The van der Waals surface area contributed by atoms with Gasteiger partial charge in [0.15, 0.2) is 5.58 Å². The second-order valence-electron chi connectivity index (χ2n) is 5.31. The molecule has 1 N–H and O–H groups in total. The second-order valence-corrected chi connectivity index (χ2v) is 5.31. The van der Waals surface area contributed by atoms with Gasteiger partial charge in [0.05, 0.1) is 11.0 Å². The summed E-state index contributed by atoms with van der Waals surface area (Å²) in [7, 11) is 0. The third-order valence-corrected chi connectivity index (χ3v) is 3.90. The van der Waals surface area contributed by atoms with Crippen LogP contribution in [0.2, 0.25) is 0 Å². The van der Waals surface area contributed by atoms with E-state index in [1.807, 2.05) is 30.3 Å². The van der Waals surface area contributed by atoms with E-state index in [2.05, 4.69) is 4.57 Å². The molecule has 4 aromatic rings. The van der Waals surface area contributed by atoms with Crippen LogP contribution in [0.15, 0.2) is 59.0 Å². The summed E-state index contributed by atoms with van der Waals surface area (Å²) in [6.45, 7) is 0.494. The van der Waals surface area contributed by atoms with Crippen molar-refractivity contribution in [2.24, 2.45) is 0 Å². The molecule has 0 atom stereocenters. The van der Waals surface area contributed by atoms with Crippen LogP contribution in [-0.4, -0.2) is 9.67 Å². The fourth-order valence-electron chi connectivity index (χ4n) is 2.88. The van der Waals surface area contributed by atoms with Crippen LogP contribution in [-0.2, 0) is 13.2 Å². The van der Waals surface area contributed by atoms with Crippen LogP contribution in [0.5, 0.6) is 0 Å². The minimum Gasteiger partial charge on any atom is -0.456 e. The van der Waals surface area contributed by atoms with Crippen LogP contribution in [0.4, 0.5) is 4.39 Å². The van der Waals surface area contributed by atoms with Crippen LogP contribution in [0.3, 0.4) is 0 Å². The molecule has 0 unspecified atom stereocenters. The van der Waals surface area contributed by atoms with Crippen molar-refractivity contribution < 1.29 is 13.9 Å². The number of halogens is 1. The Kier molecular flexibility index (Phi) is 2.98. The van der Waals surface area contributed by atoms with E-state index in [1.165, 1.54) is 12.1 Å². The summed E-state index contributed by atoms with van der Waals surface area (Å²) in [6.07, 6.45) is 0. The highest BCUT2D eigenvalue weighted by Gasteiger charge is 2.15. The van der Waals surface area contributed by atoms with Gasteiger partial charge in [-0.05, 0) is 29.8 Å². The third kappa shape index (κ3) is 2.00. The van der Waals surface area contributed by atoms with Gasteiger partial charge >= 0.3 is 0 Å². The quantitative estimate of drug-likeness (QED) is 0.619. The first-order valence-corrected chi connectivity index (χ1v) is 7.11. The molecule has 4 heteroatoms. The highest BCUT2D eigenvalue weighted by molar-refractivity contribution is 6.05. The van der Waals surface area contributed by atoms with Crippen molar-refractivity contribution in [1.82, 2.24) is 4.57 Å². The molecule has 110 valence electrons. The third-order valence-electron chi connectivity index (χ3n) is 3.90. The van der Waals surface area contributed by atoms with Crippen molar-refractivity contribution in [1.29, 1.82) is 0 Å². The lowest BCUT2D eigenvalue weighted by Crippen LogP contribution is -1.99. The molecule has 0 aliphatic heterocycles. The lowest BCUT2D eigenvalue weighted by molar-refractivity contribution is 0.251. The molecule has 0 saturated heterocycles. The monoisotopic (exact) mass is 295 g/mol. The van der Waals surface area contributed by atoms with Gasteiger partial charge in [0.25, 0.3) is 0 Å². The van der Waals surface area contributed by atoms with Gasteiger partial charge in [-0.2, -0.15) is 0 Å². The lowest BCUT2D eigenvalue weighted by Gasteiger charge is -2.06. The van der Waals surface area contributed by atoms with Gasteiger partial charge < -0.3 is 14.1 Å². The number of hydrogen-bond donors (Lipinski definition) is 1. The summed E-state index contributed by atoms with van der Waals surface area (Å²) in [5, 5.41) is 10.3. The SMILES string of the molecule is OCc1cc2c(o1)c1ccccc1n2Cc1ccc(F)cc1. The van der Waals surface area contributed by atoms with Gasteiger partial charge in [-0.25, -0.2) is 4.39 Å². The van der Waals surface area contributed by atoms with Crippen LogP contribution in [0, 0.1) is 5.82 Å². The lowest BCUT2D eigenvalue weighted by atomic mass is 10.2. The number of aromatic nitrogens is 1. The van der Waals surface area contributed by atoms with E-state index in [4.69, 9.17) is 4.42 Å².